The van der Waals surface area contributed by atoms with Crippen molar-refractivity contribution < 1.29 is 19.1 Å². The van der Waals surface area contributed by atoms with E-state index in [2.05, 4.69) is 6.92 Å². The molecule has 0 amide bonds. The van der Waals surface area contributed by atoms with Crippen LogP contribution in [-0.2, 0) is 19.1 Å². The number of ether oxygens (including phenoxy) is 2. The number of hydrogen-bond acceptors (Lipinski definition) is 4. The molecule has 2 aliphatic carbocycles. The minimum atomic E-state index is -0.269. The molecular formula is C22H38O4. The van der Waals surface area contributed by atoms with Gasteiger partial charge in [-0.3, -0.25) is 9.59 Å². The lowest BCUT2D eigenvalue weighted by Crippen LogP contribution is -2.24. The molecule has 2 fully saturated rings. The lowest BCUT2D eigenvalue weighted by molar-refractivity contribution is -0.155. The molecule has 3 unspecified atom stereocenters. The first-order valence-electron chi connectivity index (χ1n) is 11.0. The second kappa shape index (κ2) is 12.3. The number of unbranched alkanes of at least 4 members (excludes halogenated alkanes) is 8. The SMILES string of the molecule is CCCCCCCCCCCOC(=O)CCC(=O)OC1CC2CCC1C2. The zero-order valence-electron chi connectivity index (χ0n) is 16.7. The zero-order chi connectivity index (χ0) is 18.6. The summed E-state index contributed by atoms with van der Waals surface area (Å²) in [5.74, 6) is 0.832. The highest BCUT2D eigenvalue weighted by Gasteiger charge is 2.41. The Kier molecular flexibility index (Phi) is 10.1. The Morgan fingerprint density at radius 2 is 1.46 bits per heavy atom. The van der Waals surface area contributed by atoms with Crippen LogP contribution in [0.4, 0.5) is 0 Å². The molecule has 2 saturated carbocycles. The van der Waals surface area contributed by atoms with Crippen molar-refractivity contribution in [2.45, 2.75) is 109 Å². The summed E-state index contributed by atoms with van der Waals surface area (Å²) >= 11 is 0. The summed E-state index contributed by atoms with van der Waals surface area (Å²) in [6.45, 7) is 2.72. The van der Waals surface area contributed by atoms with Gasteiger partial charge in [0, 0.05) is 0 Å². The molecule has 2 rings (SSSR count). The summed E-state index contributed by atoms with van der Waals surface area (Å²) in [6.07, 6.45) is 16.4. The first kappa shape index (κ1) is 21.2. The van der Waals surface area contributed by atoms with Crippen LogP contribution in [0.3, 0.4) is 0 Å². The van der Waals surface area contributed by atoms with Crippen LogP contribution in [0.1, 0.15) is 103 Å². The molecule has 2 aliphatic rings. The third-order valence-electron chi connectivity index (χ3n) is 6.00. The average Bonchev–Trinajstić information content (AvgIpc) is 3.24. The van der Waals surface area contributed by atoms with E-state index in [4.69, 9.17) is 9.47 Å². The maximum absolute atomic E-state index is 11.9. The summed E-state index contributed by atoms with van der Waals surface area (Å²) in [5, 5.41) is 0. The van der Waals surface area contributed by atoms with Gasteiger partial charge in [0.1, 0.15) is 6.10 Å². The van der Waals surface area contributed by atoms with Crippen LogP contribution >= 0.6 is 0 Å². The fourth-order valence-electron chi connectivity index (χ4n) is 4.43. The molecule has 0 aliphatic heterocycles. The van der Waals surface area contributed by atoms with Crippen molar-refractivity contribution in [2.75, 3.05) is 6.61 Å². The fourth-order valence-corrected chi connectivity index (χ4v) is 4.43. The van der Waals surface area contributed by atoms with Crippen LogP contribution in [0.5, 0.6) is 0 Å². The van der Waals surface area contributed by atoms with Gasteiger partial charge in [0.15, 0.2) is 0 Å². The van der Waals surface area contributed by atoms with E-state index in [0.29, 0.717) is 12.5 Å². The lowest BCUT2D eigenvalue weighted by atomic mass is 9.98. The summed E-state index contributed by atoms with van der Waals surface area (Å²) < 4.78 is 10.8. The molecule has 0 radical (unpaired) electrons. The Balaban J connectivity index is 1.38. The molecular weight excluding hydrogens is 328 g/mol. The lowest BCUT2D eigenvalue weighted by Gasteiger charge is -2.21. The van der Waals surface area contributed by atoms with Gasteiger partial charge in [0.25, 0.3) is 0 Å². The Labute approximate surface area is 159 Å². The molecule has 4 heteroatoms. The minimum Gasteiger partial charge on any atom is -0.466 e. The van der Waals surface area contributed by atoms with Crippen molar-refractivity contribution in [3.63, 3.8) is 0 Å². The standard InChI is InChI=1S/C22H38O4/c1-2-3-4-5-6-7-8-9-10-15-25-21(23)13-14-22(24)26-20-17-18-11-12-19(20)16-18/h18-20H,2-17H2,1H3. The van der Waals surface area contributed by atoms with Gasteiger partial charge in [0.05, 0.1) is 19.4 Å². The molecule has 0 spiro atoms. The largest absolute Gasteiger partial charge is 0.466 e. The Bertz CT molecular complexity index is 420. The van der Waals surface area contributed by atoms with E-state index in [9.17, 15) is 9.59 Å². The minimum absolute atomic E-state index is 0.110. The maximum Gasteiger partial charge on any atom is 0.306 e. The molecule has 0 aromatic rings. The van der Waals surface area contributed by atoms with E-state index in [1.54, 1.807) is 0 Å². The topological polar surface area (TPSA) is 52.6 Å². The summed E-state index contributed by atoms with van der Waals surface area (Å²) in [6, 6.07) is 0. The van der Waals surface area contributed by atoms with Crippen molar-refractivity contribution in [2.24, 2.45) is 11.8 Å². The van der Waals surface area contributed by atoms with Crippen LogP contribution in [0.25, 0.3) is 0 Å². The molecule has 2 bridgehead atoms. The van der Waals surface area contributed by atoms with Crippen LogP contribution < -0.4 is 0 Å². The van der Waals surface area contributed by atoms with Gasteiger partial charge in [-0.15, -0.1) is 0 Å². The van der Waals surface area contributed by atoms with Crippen molar-refractivity contribution >= 4 is 11.9 Å². The predicted octanol–water partition coefficient (Wildman–Crippen LogP) is 5.57. The molecule has 0 aromatic carbocycles. The number of esters is 2. The van der Waals surface area contributed by atoms with E-state index in [1.165, 1.54) is 64.2 Å². The highest BCUT2D eigenvalue weighted by molar-refractivity contribution is 5.77. The summed E-state index contributed by atoms with van der Waals surface area (Å²) in [5.41, 5.74) is 0. The van der Waals surface area contributed by atoms with Crippen molar-refractivity contribution in [3.8, 4) is 0 Å². The molecule has 0 saturated heterocycles. The molecule has 0 aromatic heterocycles. The monoisotopic (exact) mass is 366 g/mol. The highest BCUT2D eigenvalue weighted by Crippen LogP contribution is 2.45. The van der Waals surface area contributed by atoms with E-state index in [1.807, 2.05) is 0 Å². The molecule has 26 heavy (non-hydrogen) atoms. The van der Waals surface area contributed by atoms with E-state index >= 15 is 0 Å². The van der Waals surface area contributed by atoms with Gasteiger partial charge in [-0.05, 0) is 43.9 Å². The van der Waals surface area contributed by atoms with Crippen LogP contribution in [0.15, 0.2) is 0 Å². The van der Waals surface area contributed by atoms with E-state index in [-0.39, 0.29) is 30.9 Å². The highest BCUT2D eigenvalue weighted by atomic mass is 16.5. The second-order valence-corrected chi connectivity index (χ2v) is 8.25. The predicted molar refractivity (Wildman–Crippen MR) is 103 cm³/mol. The first-order valence-corrected chi connectivity index (χ1v) is 11.0. The molecule has 0 N–H and O–H groups in total. The van der Waals surface area contributed by atoms with E-state index in [0.717, 1.165) is 25.2 Å². The van der Waals surface area contributed by atoms with Crippen molar-refractivity contribution in [3.05, 3.63) is 0 Å². The quantitative estimate of drug-likeness (QED) is 0.298. The second-order valence-electron chi connectivity index (χ2n) is 8.25. The van der Waals surface area contributed by atoms with Crippen LogP contribution in [-0.4, -0.2) is 24.6 Å². The summed E-state index contributed by atoms with van der Waals surface area (Å²) in [7, 11) is 0. The van der Waals surface area contributed by atoms with Crippen LogP contribution in [0.2, 0.25) is 0 Å². The van der Waals surface area contributed by atoms with Gasteiger partial charge in [-0.2, -0.15) is 0 Å². The van der Waals surface area contributed by atoms with Gasteiger partial charge < -0.3 is 9.47 Å². The van der Waals surface area contributed by atoms with Crippen LogP contribution in [0, 0.1) is 11.8 Å². The van der Waals surface area contributed by atoms with Gasteiger partial charge in [-0.1, -0.05) is 58.3 Å². The maximum atomic E-state index is 11.9. The molecule has 4 nitrogen and oxygen atoms in total. The third kappa shape index (κ3) is 8.09. The van der Waals surface area contributed by atoms with Crippen molar-refractivity contribution in [1.29, 1.82) is 0 Å². The first-order chi connectivity index (χ1) is 12.7. The molecule has 3 atom stereocenters. The number of carbonyl (C=O) groups is 2. The molecule has 150 valence electrons. The smallest absolute Gasteiger partial charge is 0.306 e. The molecule has 0 heterocycles. The number of hydrogen-bond donors (Lipinski definition) is 0. The summed E-state index contributed by atoms with van der Waals surface area (Å²) in [4.78, 5) is 23.6. The van der Waals surface area contributed by atoms with Gasteiger partial charge in [0.2, 0.25) is 0 Å². The van der Waals surface area contributed by atoms with Crippen molar-refractivity contribution in [1.82, 2.24) is 0 Å². The zero-order valence-corrected chi connectivity index (χ0v) is 16.7. The number of rotatable bonds is 14. The average molecular weight is 367 g/mol. The normalized spacial score (nSPS) is 24.0. The Morgan fingerprint density at radius 1 is 0.808 bits per heavy atom. The number of carbonyl (C=O) groups excluding carboxylic acids is 2. The van der Waals surface area contributed by atoms with E-state index < -0.39 is 0 Å². The third-order valence-corrected chi connectivity index (χ3v) is 6.00. The fraction of sp³-hybridized carbons (Fsp3) is 0.909. The number of fused-ring (bicyclic) bond motifs is 2. The Morgan fingerprint density at radius 3 is 2.08 bits per heavy atom. The van der Waals surface area contributed by atoms with Gasteiger partial charge in [-0.25, -0.2) is 0 Å². The Hall–Kier alpha value is -1.06. The van der Waals surface area contributed by atoms with Gasteiger partial charge >= 0.3 is 11.9 Å².